The van der Waals surface area contributed by atoms with E-state index in [1.165, 1.54) is 18.5 Å². The zero-order chi connectivity index (χ0) is 13.3. The summed E-state index contributed by atoms with van der Waals surface area (Å²) in [5, 5.41) is 2.58. The number of nitrogens with zero attached hydrogens (tertiary/aromatic N) is 2. The minimum atomic E-state index is -3.65. The predicted octanol–water partition coefficient (Wildman–Crippen LogP) is 2.24. The van der Waals surface area contributed by atoms with Gasteiger partial charge in [-0.25, -0.2) is 8.42 Å². The molecule has 0 saturated heterocycles. The molecule has 0 fully saturated rings. The van der Waals surface area contributed by atoms with Crippen molar-refractivity contribution in [1.82, 2.24) is 5.16 Å². The first-order valence-electron chi connectivity index (χ1n) is 5.62. The Hall–Kier alpha value is -2.21. The Morgan fingerprint density at radius 3 is 2.79 bits per heavy atom. The van der Waals surface area contributed by atoms with E-state index in [9.17, 15) is 8.42 Å². The van der Waals surface area contributed by atoms with Gasteiger partial charge in [-0.1, -0.05) is 29.4 Å². The van der Waals surface area contributed by atoms with Gasteiger partial charge < -0.3 is 4.52 Å². The second-order valence-electron chi connectivity index (χ2n) is 4.05. The van der Waals surface area contributed by atoms with Crippen LogP contribution < -0.4 is 0 Å². The van der Waals surface area contributed by atoms with Crippen molar-refractivity contribution in [2.24, 2.45) is 4.99 Å². The monoisotopic (exact) mass is 274 g/mol. The molecule has 3 rings (SSSR count). The molecule has 19 heavy (non-hydrogen) atoms. The molecule has 2 aromatic rings. The molecule has 2 heterocycles. The summed E-state index contributed by atoms with van der Waals surface area (Å²) in [7, 11) is -3.65. The Labute approximate surface area is 110 Å². The fourth-order valence-electron chi connectivity index (χ4n) is 1.98. The normalized spacial score (nSPS) is 18.0. The number of aliphatic imine (C=N–C) groups is 1. The molecule has 1 aliphatic rings. The van der Waals surface area contributed by atoms with E-state index in [-0.39, 0.29) is 5.03 Å². The number of hydrogen-bond donors (Lipinski definition) is 0. The minimum Gasteiger partial charge on any atom is -0.363 e. The lowest BCUT2D eigenvalue weighted by atomic mass is 10.1. The van der Waals surface area contributed by atoms with Crippen LogP contribution in [0, 0.1) is 0 Å². The molecular weight excluding hydrogens is 264 g/mol. The second-order valence-corrected chi connectivity index (χ2v) is 6.06. The average molecular weight is 274 g/mol. The first-order chi connectivity index (χ1) is 9.19. The first-order valence-corrected chi connectivity index (χ1v) is 7.17. The number of hydrogen-bond acceptors (Lipinski definition) is 5. The lowest BCUT2D eigenvalue weighted by Gasteiger charge is -2.13. The van der Waals surface area contributed by atoms with Gasteiger partial charge in [0.25, 0.3) is 0 Å². The maximum Gasteiger partial charge on any atom is 0.211 e. The quantitative estimate of drug-likeness (QED) is 0.842. The topological polar surface area (TPSA) is 72.5 Å². The number of fused-ring (bicyclic) bond motifs is 1. The van der Waals surface area contributed by atoms with Gasteiger partial charge in [0.1, 0.15) is 11.5 Å². The Kier molecular flexibility index (Phi) is 2.79. The van der Waals surface area contributed by atoms with Crippen LogP contribution in [-0.2, 0) is 9.84 Å². The van der Waals surface area contributed by atoms with E-state index >= 15 is 0 Å². The summed E-state index contributed by atoms with van der Waals surface area (Å²) in [6.45, 7) is 0. The zero-order valence-corrected chi connectivity index (χ0v) is 10.6. The molecule has 1 aromatic heterocycles. The highest BCUT2D eigenvalue weighted by atomic mass is 32.2. The van der Waals surface area contributed by atoms with Gasteiger partial charge in [-0.15, -0.1) is 0 Å². The Balaban J connectivity index is 2.17. The summed E-state index contributed by atoms with van der Waals surface area (Å²) >= 11 is 0. The highest BCUT2D eigenvalue weighted by Crippen LogP contribution is 2.30. The van der Waals surface area contributed by atoms with E-state index in [0.29, 0.717) is 5.56 Å². The molecule has 1 aromatic carbocycles. The van der Waals surface area contributed by atoms with Crippen molar-refractivity contribution in [2.45, 2.75) is 10.3 Å². The van der Waals surface area contributed by atoms with E-state index < -0.39 is 15.1 Å². The molecule has 0 aliphatic carbocycles. The van der Waals surface area contributed by atoms with Crippen molar-refractivity contribution in [3.05, 3.63) is 53.9 Å². The van der Waals surface area contributed by atoms with Gasteiger partial charge in [-0.2, -0.15) is 0 Å². The van der Waals surface area contributed by atoms with Crippen molar-refractivity contribution >= 4 is 22.1 Å². The SMILES string of the molecule is O=S(=O)(c1ccon1)C1C=NC=Cc2ccccc21. The average Bonchev–Trinajstić information content (AvgIpc) is 2.86. The van der Waals surface area contributed by atoms with Crippen LogP contribution in [0.5, 0.6) is 0 Å². The smallest absolute Gasteiger partial charge is 0.211 e. The summed E-state index contributed by atoms with van der Waals surface area (Å²) in [5.74, 6) is 0. The van der Waals surface area contributed by atoms with E-state index in [4.69, 9.17) is 0 Å². The van der Waals surface area contributed by atoms with E-state index in [0.717, 1.165) is 5.56 Å². The van der Waals surface area contributed by atoms with E-state index in [1.807, 2.05) is 12.1 Å². The summed E-state index contributed by atoms with van der Waals surface area (Å²) in [5.41, 5.74) is 1.51. The van der Waals surface area contributed by atoms with Gasteiger partial charge >= 0.3 is 0 Å². The van der Waals surface area contributed by atoms with Gasteiger partial charge in [-0.05, 0) is 17.2 Å². The molecule has 0 saturated carbocycles. The molecular formula is C13H10N2O3S. The lowest BCUT2D eigenvalue weighted by Crippen LogP contribution is -2.16. The summed E-state index contributed by atoms with van der Waals surface area (Å²) < 4.78 is 29.7. The maximum absolute atomic E-state index is 12.5. The molecule has 1 unspecified atom stereocenters. The van der Waals surface area contributed by atoms with Crippen LogP contribution >= 0.6 is 0 Å². The zero-order valence-electron chi connectivity index (χ0n) is 9.80. The lowest BCUT2D eigenvalue weighted by molar-refractivity contribution is 0.400. The maximum atomic E-state index is 12.5. The molecule has 1 aliphatic heterocycles. The fraction of sp³-hybridized carbons (Fsp3) is 0.0769. The Bertz CT molecular complexity index is 746. The van der Waals surface area contributed by atoms with E-state index in [2.05, 4.69) is 14.7 Å². The summed E-state index contributed by atoms with van der Waals surface area (Å²) in [4.78, 5) is 4.00. The Morgan fingerprint density at radius 2 is 2.00 bits per heavy atom. The highest BCUT2D eigenvalue weighted by Gasteiger charge is 2.31. The summed E-state index contributed by atoms with van der Waals surface area (Å²) in [6, 6.07) is 8.63. The van der Waals surface area contributed by atoms with Crippen molar-refractivity contribution in [1.29, 1.82) is 0 Å². The number of sulfone groups is 1. The van der Waals surface area contributed by atoms with Crippen molar-refractivity contribution in [3.63, 3.8) is 0 Å². The highest BCUT2D eigenvalue weighted by molar-refractivity contribution is 7.92. The van der Waals surface area contributed by atoms with Crippen LogP contribution in [0.15, 0.2) is 57.3 Å². The number of aromatic nitrogens is 1. The van der Waals surface area contributed by atoms with Crippen molar-refractivity contribution in [2.75, 3.05) is 0 Å². The third kappa shape index (κ3) is 2.00. The van der Waals surface area contributed by atoms with E-state index in [1.54, 1.807) is 24.4 Å². The molecule has 0 spiro atoms. The van der Waals surface area contributed by atoms with Gasteiger partial charge in [0, 0.05) is 18.5 Å². The molecule has 6 heteroatoms. The third-order valence-electron chi connectivity index (χ3n) is 2.90. The molecule has 0 N–H and O–H groups in total. The fourth-order valence-corrected chi connectivity index (χ4v) is 3.41. The van der Waals surface area contributed by atoms with Crippen LogP contribution in [0.2, 0.25) is 0 Å². The van der Waals surface area contributed by atoms with Crippen molar-refractivity contribution in [3.8, 4) is 0 Å². The Morgan fingerprint density at radius 1 is 1.16 bits per heavy atom. The van der Waals surface area contributed by atoms with Gasteiger partial charge in [0.05, 0.1) is 0 Å². The van der Waals surface area contributed by atoms with Crippen LogP contribution in [0.4, 0.5) is 0 Å². The molecule has 0 amide bonds. The van der Waals surface area contributed by atoms with Crippen LogP contribution in [-0.4, -0.2) is 19.8 Å². The number of rotatable bonds is 2. The third-order valence-corrected chi connectivity index (χ3v) is 4.74. The van der Waals surface area contributed by atoms with Crippen LogP contribution in [0.3, 0.4) is 0 Å². The van der Waals surface area contributed by atoms with Gasteiger partial charge in [0.15, 0.2) is 5.03 Å². The number of benzene rings is 1. The largest absolute Gasteiger partial charge is 0.363 e. The minimum absolute atomic E-state index is 0.0827. The van der Waals surface area contributed by atoms with Crippen molar-refractivity contribution < 1.29 is 12.9 Å². The van der Waals surface area contributed by atoms with Gasteiger partial charge in [0.2, 0.25) is 9.84 Å². The molecule has 1 atom stereocenters. The molecule has 0 radical (unpaired) electrons. The first kappa shape index (κ1) is 11.9. The van der Waals surface area contributed by atoms with Gasteiger partial charge in [-0.3, -0.25) is 4.99 Å². The second kappa shape index (κ2) is 4.47. The van der Waals surface area contributed by atoms with Crippen LogP contribution in [0.1, 0.15) is 16.4 Å². The molecule has 0 bridgehead atoms. The predicted molar refractivity (Wildman–Crippen MR) is 70.4 cm³/mol. The standard InChI is InChI=1S/C13H10N2O3S/c16-19(17,13-6-8-18-15-13)12-9-14-7-5-10-3-1-2-4-11(10)12/h1-9,12H. The summed E-state index contributed by atoms with van der Waals surface area (Å²) in [6.07, 6.45) is 6.01. The molecule has 96 valence electrons. The molecule has 5 nitrogen and oxygen atoms in total. The van der Waals surface area contributed by atoms with Crippen LogP contribution in [0.25, 0.3) is 6.08 Å².